The minimum Gasteiger partial charge on any atom is -0.158 e. The number of benzene rings is 1. The Balaban J connectivity index is 2.50. The zero-order valence-electron chi connectivity index (χ0n) is 9.79. The highest BCUT2D eigenvalue weighted by Crippen LogP contribution is 2.09. The van der Waals surface area contributed by atoms with Gasteiger partial charge in [-0.2, -0.15) is 8.42 Å². The molecule has 0 atom stereocenters. The van der Waals surface area contributed by atoms with Crippen LogP contribution in [-0.4, -0.2) is 8.42 Å². The molecule has 3 nitrogen and oxygen atoms in total. The number of hydrogen-bond acceptors (Lipinski definition) is 2. The normalized spacial score (nSPS) is 11.4. The number of rotatable bonds is 2. The fourth-order valence-electron chi connectivity index (χ4n) is 1.48. The third-order valence-electron chi connectivity index (χ3n) is 2.57. The molecule has 0 fully saturated rings. The molecule has 0 bridgehead atoms. The van der Waals surface area contributed by atoms with Crippen molar-refractivity contribution in [3.8, 4) is 0 Å². The van der Waals surface area contributed by atoms with Crippen molar-refractivity contribution >= 4 is 10.0 Å². The Morgan fingerprint density at radius 2 is 1.29 bits per heavy atom. The summed E-state index contributed by atoms with van der Waals surface area (Å²) >= 11 is 0. The lowest BCUT2D eigenvalue weighted by Crippen LogP contribution is -2.41. The van der Waals surface area contributed by atoms with Crippen LogP contribution in [-0.2, 0) is 10.0 Å². The highest BCUT2D eigenvalue weighted by atomic mass is 32.2. The van der Waals surface area contributed by atoms with Gasteiger partial charge in [0.15, 0.2) is 12.4 Å². The van der Waals surface area contributed by atoms with E-state index in [0.717, 1.165) is 11.1 Å². The molecule has 0 unspecified atom stereocenters. The minimum atomic E-state index is -3.46. The van der Waals surface area contributed by atoms with Gasteiger partial charge in [-0.3, -0.25) is 0 Å². The van der Waals surface area contributed by atoms with Crippen molar-refractivity contribution in [3.05, 3.63) is 59.9 Å². The topological polar surface area (TPSA) is 38.0 Å². The van der Waals surface area contributed by atoms with Gasteiger partial charge in [0.05, 0.1) is 0 Å². The van der Waals surface area contributed by atoms with Gasteiger partial charge in [-0.05, 0) is 31.5 Å². The van der Waals surface area contributed by atoms with E-state index in [9.17, 15) is 8.42 Å². The highest BCUT2D eigenvalue weighted by Gasteiger charge is 2.23. The third-order valence-corrected chi connectivity index (χ3v) is 4.23. The van der Waals surface area contributed by atoms with Crippen LogP contribution in [0.25, 0.3) is 0 Å². The van der Waals surface area contributed by atoms with E-state index in [1.54, 1.807) is 48.8 Å². The third kappa shape index (κ3) is 2.36. The molecular formula is C13H14NO2S+. The summed E-state index contributed by atoms with van der Waals surface area (Å²) in [6.45, 7) is 3.85. The van der Waals surface area contributed by atoms with Gasteiger partial charge < -0.3 is 0 Å². The molecule has 88 valence electrons. The molecule has 0 spiro atoms. The smallest absolute Gasteiger partial charge is 0.158 e. The highest BCUT2D eigenvalue weighted by molar-refractivity contribution is 7.85. The standard InChI is InChI=1S/C13H14NO2S/c1-11-3-5-13(6-4-11)17(15,16)14-9-7-12(2)8-10-14/h3-10H,1-2H3/q+1. The van der Waals surface area contributed by atoms with Crippen molar-refractivity contribution in [2.75, 3.05) is 0 Å². The van der Waals surface area contributed by atoms with Crippen LogP contribution in [0.4, 0.5) is 0 Å². The maximum absolute atomic E-state index is 12.2. The van der Waals surface area contributed by atoms with E-state index >= 15 is 0 Å². The Morgan fingerprint density at radius 1 is 0.824 bits per heavy atom. The van der Waals surface area contributed by atoms with E-state index in [1.165, 1.54) is 3.97 Å². The Labute approximate surface area is 101 Å². The average Bonchev–Trinajstić information content (AvgIpc) is 2.30. The van der Waals surface area contributed by atoms with Crippen molar-refractivity contribution in [1.29, 1.82) is 0 Å². The van der Waals surface area contributed by atoms with Crippen LogP contribution < -0.4 is 3.97 Å². The van der Waals surface area contributed by atoms with Gasteiger partial charge in [-0.25, -0.2) is 0 Å². The number of aryl methyl sites for hydroxylation is 2. The van der Waals surface area contributed by atoms with Crippen molar-refractivity contribution < 1.29 is 12.4 Å². The molecule has 17 heavy (non-hydrogen) atoms. The summed E-state index contributed by atoms with van der Waals surface area (Å²) in [5, 5.41) is 0. The first-order valence-electron chi connectivity index (χ1n) is 5.30. The van der Waals surface area contributed by atoms with Gasteiger partial charge in [0.25, 0.3) is 0 Å². The minimum absolute atomic E-state index is 0.303. The maximum Gasteiger partial charge on any atom is 0.399 e. The van der Waals surface area contributed by atoms with Crippen molar-refractivity contribution in [2.45, 2.75) is 18.7 Å². The number of hydrogen-bond donors (Lipinski definition) is 0. The maximum atomic E-state index is 12.2. The Bertz CT molecular complexity index is 562. The van der Waals surface area contributed by atoms with E-state index < -0.39 is 10.0 Å². The lowest BCUT2D eigenvalue weighted by molar-refractivity contribution is -0.511. The van der Waals surface area contributed by atoms with Crippen molar-refractivity contribution in [3.63, 3.8) is 0 Å². The van der Waals surface area contributed by atoms with Gasteiger partial charge in [0.2, 0.25) is 0 Å². The fourth-order valence-corrected chi connectivity index (χ4v) is 2.65. The molecule has 0 N–H and O–H groups in total. The van der Waals surface area contributed by atoms with E-state index in [2.05, 4.69) is 0 Å². The second kappa shape index (κ2) is 4.30. The van der Waals surface area contributed by atoms with Gasteiger partial charge in [-0.15, -0.1) is 0 Å². The summed E-state index contributed by atoms with van der Waals surface area (Å²) < 4.78 is 25.7. The van der Waals surface area contributed by atoms with E-state index in [1.807, 2.05) is 13.8 Å². The molecule has 4 heteroatoms. The van der Waals surface area contributed by atoms with E-state index in [4.69, 9.17) is 0 Å². The molecule has 0 radical (unpaired) electrons. The van der Waals surface area contributed by atoms with Crippen LogP contribution in [0.2, 0.25) is 0 Å². The van der Waals surface area contributed by atoms with Gasteiger partial charge in [0, 0.05) is 12.1 Å². The summed E-state index contributed by atoms with van der Waals surface area (Å²) in [5.41, 5.74) is 2.07. The summed E-state index contributed by atoms with van der Waals surface area (Å²) in [5.74, 6) is 0. The largest absolute Gasteiger partial charge is 0.399 e. The van der Waals surface area contributed by atoms with Crippen LogP contribution in [0, 0.1) is 13.8 Å². The van der Waals surface area contributed by atoms with Crippen molar-refractivity contribution in [1.82, 2.24) is 0 Å². The van der Waals surface area contributed by atoms with Gasteiger partial charge in [-0.1, -0.05) is 21.7 Å². The van der Waals surface area contributed by atoms with Crippen LogP contribution in [0.1, 0.15) is 11.1 Å². The summed E-state index contributed by atoms with van der Waals surface area (Å²) in [6.07, 6.45) is 3.12. The first-order chi connectivity index (χ1) is 8.00. The zero-order chi connectivity index (χ0) is 12.5. The second-order valence-electron chi connectivity index (χ2n) is 4.02. The monoisotopic (exact) mass is 248 g/mol. The van der Waals surface area contributed by atoms with Gasteiger partial charge >= 0.3 is 10.0 Å². The lowest BCUT2D eigenvalue weighted by atomic mass is 10.2. The first kappa shape index (κ1) is 11.8. The molecular weight excluding hydrogens is 234 g/mol. The molecule has 0 saturated heterocycles. The van der Waals surface area contributed by atoms with Crippen LogP contribution in [0.5, 0.6) is 0 Å². The molecule has 1 heterocycles. The zero-order valence-corrected chi connectivity index (χ0v) is 10.6. The molecule has 0 aliphatic rings. The van der Waals surface area contributed by atoms with E-state index in [-0.39, 0.29) is 0 Å². The number of nitrogens with zero attached hydrogens (tertiary/aromatic N) is 1. The molecule has 0 aliphatic heterocycles. The summed E-state index contributed by atoms with van der Waals surface area (Å²) in [7, 11) is -3.46. The summed E-state index contributed by atoms with van der Waals surface area (Å²) in [6, 6.07) is 10.4. The SMILES string of the molecule is Cc1ccc(S(=O)(=O)[n+]2ccc(C)cc2)cc1. The van der Waals surface area contributed by atoms with Gasteiger partial charge in [0.1, 0.15) is 4.90 Å². The average molecular weight is 248 g/mol. The molecule has 1 aromatic carbocycles. The van der Waals surface area contributed by atoms with Crippen LogP contribution in [0.3, 0.4) is 0 Å². The quantitative estimate of drug-likeness (QED) is 0.760. The Hall–Kier alpha value is -1.68. The molecule has 2 rings (SSSR count). The summed E-state index contributed by atoms with van der Waals surface area (Å²) in [4.78, 5) is 0.303. The predicted molar refractivity (Wildman–Crippen MR) is 65.1 cm³/mol. The van der Waals surface area contributed by atoms with Crippen molar-refractivity contribution in [2.24, 2.45) is 0 Å². The second-order valence-corrected chi connectivity index (χ2v) is 5.87. The van der Waals surface area contributed by atoms with Crippen LogP contribution in [0.15, 0.2) is 53.7 Å². The molecule has 1 aromatic heterocycles. The first-order valence-corrected chi connectivity index (χ1v) is 6.74. The van der Waals surface area contributed by atoms with E-state index in [0.29, 0.717) is 4.90 Å². The number of aromatic nitrogens is 1. The van der Waals surface area contributed by atoms with Crippen LogP contribution >= 0.6 is 0 Å². The Kier molecular flexibility index (Phi) is 2.98. The predicted octanol–water partition coefficient (Wildman–Crippen LogP) is 1.83. The molecule has 2 aromatic rings. The molecule has 0 amide bonds. The number of pyridine rings is 1. The Morgan fingerprint density at radius 3 is 1.82 bits per heavy atom. The fraction of sp³-hybridized carbons (Fsp3) is 0.154. The molecule has 0 saturated carbocycles. The molecule has 0 aliphatic carbocycles. The lowest BCUT2D eigenvalue weighted by Gasteiger charge is -1.99.